The Morgan fingerprint density at radius 1 is 1.16 bits per heavy atom. The molecule has 2 atom stereocenters. The van der Waals surface area contributed by atoms with E-state index in [1.165, 1.54) is 12.8 Å². The first-order valence-corrected chi connectivity index (χ1v) is 7.27. The third-order valence-electron chi connectivity index (χ3n) is 4.35. The second-order valence-electron chi connectivity index (χ2n) is 5.78. The molecular formula is C13H23N5O. The van der Waals surface area contributed by atoms with Gasteiger partial charge in [-0.05, 0) is 25.0 Å². The van der Waals surface area contributed by atoms with Crippen LogP contribution in [-0.4, -0.2) is 54.3 Å². The molecule has 2 N–H and O–H groups in total. The van der Waals surface area contributed by atoms with Gasteiger partial charge in [0.05, 0.1) is 5.92 Å². The molecule has 1 aliphatic carbocycles. The van der Waals surface area contributed by atoms with Crippen molar-refractivity contribution in [3.8, 4) is 0 Å². The van der Waals surface area contributed by atoms with Crippen molar-refractivity contribution in [3.63, 3.8) is 0 Å². The predicted molar refractivity (Wildman–Crippen MR) is 73.2 cm³/mol. The first-order valence-electron chi connectivity index (χ1n) is 7.27. The molecule has 1 aliphatic heterocycles. The van der Waals surface area contributed by atoms with E-state index in [1.54, 1.807) is 0 Å². The van der Waals surface area contributed by atoms with Crippen molar-refractivity contribution in [3.05, 3.63) is 5.89 Å². The highest BCUT2D eigenvalue weighted by Crippen LogP contribution is 2.31. The molecule has 1 aromatic rings. The number of rotatable bonds is 2. The molecule has 106 valence electrons. The van der Waals surface area contributed by atoms with Crippen LogP contribution >= 0.6 is 0 Å². The van der Waals surface area contributed by atoms with E-state index in [2.05, 4.69) is 27.0 Å². The van der Waals surface area contributed by atoms with Gasteiger partial charge in [0.1, 0.15) is 0 Å². The molecule has 0 amide bonds. The Balaban J connectivity index is 1.68. The standard InChI is InChI=1S/C13H23N5O/c1-17-6-8-18(9-7-17)13-15-12(19-16-13)10-4-2-3-5-11(10)14/h10-11H,2-9,14H2,1H3. The van der Waals surface area contributed by atoms with Crippen LogP contribution in [0.25, 0.3) is 0 Å². The predicted octanol–water partition coefficient (Wildman–Crippen LogP) is 0.806. The summed E-state index contributed by atoms with van der Waals surface area (Å²) >= 11 is 0. The lowest BCUT2D eigenvalue weighted by Gasteiger charge is -2.31. The summed E-state index contributed by atoms with van der Waals surface area (Å²) in [5, 5.41) is 4.14. The molecule has 2 fully saturated rings. The summed E-state index contributed by atoms with van der Waals surface area (Å²) in [6, 6.07) is 0.175. The minimum absolute atomic E-state index is 0.175. The minimum atomic E-state index is 0.175. The maximum absolute atomic E-state index is 6.17. The molecule has 0 bridgehead atoms. The third kappa shape index (κ3) is 2.74. The summed E-state index contributed by atoms with van der Waals surface area (Å²) in [4.78, 5) is 9.09. The van der Waals surface area contributed by atoms with Crippen LogP contribution in [0, 0.1) is 0 Å². The zero-order valence-electron chi connectivity index (χ0n) is 11.6. The van der Waals surface area contributed by atoms with E-state index in [0.29, 0.717) is 0 Å². The van der Waals surface area contributed by atoms with Gasteiger partial charge in [0, 0.05) is 32.2 Å². The number of piperazine rings is 1. The van der Waals surface area contributed by atoms with Gasteiger partial charge in [0.25, 0.3) is 5.95 Å². The largest absolute Gasteiger partial charge is 0.337 e. The zero-order valence-corrected chi connectivity index (χ0v) is 11.6. The summed E-state index contributed by atoms with van der Waals surface area (Å²) in [6.45, 7) is 4.03. The number of hydrogen-bond acceptors (Lipinski definition) is 6. The molecular weight excluding hydrogens is 242 g/mol. The van der Waals surface area contributed by atoms with E-state index in [4.69, 9.17) is 10.3 Å². The Bertz CT molecular complexity index is 413. The van der Waals surface area contributed by atoms with Gasteiger partial charge < -0.3 is 20.1 Å². The monoisotopic (exact) mass is 265 g/mol. The van der Waals surface area contributed by atoms with Crippen LogP contribution in [0.4, 0.5) is 5.95 Å². The van der Waals surface area contributed by atoms with Gasteiger partial charge in [0.2, 0.25) is 5.89 Å². The van der Waals surface area contributed by atoms with Gasteiger partial charge in [-0.25, -0.2) is 0 Å². The second kappa shape index (κ2) is 5.46. The molecule has 1 saturated heterocycles. The highest BCUT2D eigenvalue weighted by Gasteiger charge is 2.29. The third-order valence-corrected chi connectivity index (χ3v) is 4.35. The molecule has 6 heteroatoms. The summed E-state index contributed by atoms with van der Waals surface area (Å²) < 4.78 is 5.46. The van der Waals surface area contributed by atoms with Crippen molar-refractivity contribution >= 4 is 5.95 Å². The van der Waals surface area contributed by atoms with Gasteiger partial charge in [-0.2, -0.15) is 4.98 Å². The van der Waals surface area contributed by atoms with E-state index < -0.39 is 0 Å². The fourth-order valence-electron chi connectivity index (χ4n) is 2.98. The van der Waals surface area contributed by atoms with Crippen molar-refractivity contribution < 1.29 is 4.52 Å². The zero-order chi connectivity index (χ0) is 13.2. The number of hydrogen-bond donors (Lipinski definition) is 1. The molecule has 3 rings (SSSR count). The van der Waals surface area contributed by atoms with Crippen LogP contribution in [-0.2, 0) is 0 Å². The smallest absolute Gasteiger partial charge is 0.266 e. The summed E-state index contributed by atoms with van der Waals surface area (Å²) in [6.07, 6.45) is 4.57. The molecule has 1 aromatic heterocycles. The maximum atomic E-state index is 6.17. The van der Waals surface area contributed by atoms with Gasteiger partial charge in [0.15, 0.2) is 0 Å². The van der Waals surface area contributed by atoms with Gasteiger partial charge in [-0.1, -0.05) is 12.8 Å². The molecule has 0 spiro atoms. The maximum Gasteiger partial charge on any atom is 0.266 e. The number of nitrogens with zero attached hydrogens (tertiary/aromatic N) is 4. The van der Waals surface area contributed by atoms with Gasteiger partial charge in [-0.15, -0.1) is 0 Å². The lowest BCUT2D eigenvalue weighted by atomic mass is 9.85. The van der Waals surface area contributed by atoms with Crippen molar-refractivity contribution in [2.75, 3.05) is 38.1 Å². The fraction of sp³-hybridized carbons (Fsp3) is 0.846. The molecule has 0 radical (unpaired) electrons. The number of nitrogens with two attached hydrogens (primary N) is 1. The quantitative estimate of drug-likeness (QED) is 0.853. The molecule has 2 unspecified atom stereocenters. The lowest BCUT2D eigenvalue weighted by Crippen LogP contribution is -2.45. The van der Waals surface area contributed by atoms with Gasteiger partial charge >= 0.3 is 0 Å². The average Bonchev–Trinajstić information content (AvgIpc) is 2.89. The highest BCUT2D eigenvalue weighted by atomic mass is 16.5. The highest BCUT2D eigenvalue weighted by molar-refractivity contribution is 5.29. The Kier molecular flexibility index (Phi) is 3.70. The summed E-state index contributed by atoms with van der Waals surface area (Å²) in [5.41, 5.74) is 6.17. The van der Waals surface area contributed by atoms with E-state index in [-0.39, 0.29) is 12.0 Å². The van der Waals surface area contributed by atoms with E-state index >= 15 is 0 Å². The molecule has 2 aliphatic rings. The summed E-state index contributed by atoms with van der Waals surface area (Å²) in [5.74, 6) is 1.73. The van der Waals surface area contributed by atoms with E-state index in [0.717, 1.165) is 50.9 Å². The topological polar surface area (TPSA) is 71.4 Å². The van der Waals surface area contributed by atoms with Crippen LogP contribution < -0.4 is 10.6 Å². The van der Waals surface area contributed by atoms with Crippen molar-refractivity contribution in [1.29, 1.82) is 0 Å². The first kappa shape index (κ1) is 12.9. The van der Waals surface area contributed by atoms with E-state index in [9.17, 15) is 0 Å². The molecule has 6 nitrogen and oxygen atoms in total. The Morgan fingerprint density at radius 2 is 1.89 bits per heavy atom. The molecule has 0 aromatic carbocycles. The molecule has 19 heavy (non-hydrogen) atoms. The average molecular weight is 265 g/mol. The van der Waals surface area contributed by atoms with Crippen LogP contribution in [0.1, 0.15) is 37.5 Å². The fourth-order valence-corrected chi connectivity index (χ4v) is 2.98. The first-order chi connectivity index (χ1) is 9.24. The number of likely N-dealkylation sites (N-methyl/N-ethyl adjacent to an activating group) is 1. The Morgan fingerprint density at radius 3 is 2.63 bits per heavy atom. The van der Waals surface area contributed by atoms with Gasteiger partial charge in [-0.3, -0.25) is 0 Å². The normalized spacial score (nSPS) is 29.7. The summed E-state index contributed by atoms with van der Waals surface area (Å²) in [7, 11) is 2.14. The van der Waals surface area contributed by atoms with Crippen molar-refractivity contribution in [1.82, 2.24) is 15.0 Å². The van der Waals surface area contributed by atoms with Crippen molar-refractivity contribution in [2.45, 2.75) is 37.6 Å². The lowest BCUT2D eigenvalue weighted by molar-refractivity contribution is 0.288. The van der Waals surface area contributed by atoms with Crippen LogP contribution in [0.2, 0.25) is 0 Å². The molecule has 2 heterocycles. The van der Waals surface area contributed by atoms with E-state index in [1.807, 2.05) is 0 Å². The van der Waals surface area contributed by atoms with Crippen molar-refractivity contribution in [2.24, 2.45) is 5.73 Å². The van der Waals surface area contributed by atoms with Crippen LogP contribution in [0.15, 0.2) is 4.52 Å². The Labute approximate surface area is 113 Å². The number of anilines is 1. The SMILES string of the molecule is CN1CCN(c2noc(C3CCCCC3N)n2)CC1. The Hall–Kier alpha value is -1.14. The minimum Gasteiger partial charge on any atom is -0.337 e. The molecule has 1 saturated carbocycles. The number of aromatic nitrogens is 2. The second-order valence-corrected chi connectivity index (χ2v) is 5.78. The van der Waals surface area contributed by atoms with Crippen LogP contribution in [0.3, 0.4) is 0 Å². The van der Waals surface area contributed by atoms with Crippen LogP contribution in [0.5, 0.6) is 0 Å².